The molecule has 0 saturated carbocycles. The molecule has 0 aliphatic heterocycles. The maximum Gasteiger partial charge on any atom is 0.255 e. The average Bonchev–Trinajstić information content (AvgIpc) is 2.57. The molecule has 0 saturated heterocycles. The summed E-state index contributed by atoms with van der Waals surface area (Å²) in [6.45, 7) is 2.04. The molecule has 2 aromatic rings. The highest BCUT2D eigenvalue weighted by Gasteiger charge is 2.15. The number of para-hydroxylation sites is 1. The fourth-order valence-electron chi connectivity index (χ4n) is 1.97. The van der Waals surface area contributed by atoms with Crippen molar-refractivity contribution in [3.05, 3.63) is 54.1 Å². The maximum absolute atomic E-state index is 12.4. The smallest absolute Gasteiger partial charge is 0.255 e. The Kier molecular flexibility index (Phi) is 5.81. The molecule has 5 nitrogen and oxygen atoms in total. The lowest BCUT2D eigenvalue weighted by molar-refractivity contribution is 0.102. The van der Waals surface area contributed by atoms with E-state index in [4.69, 9.17) is 0 Å². The predicted octanol–water partition coefficient (Wildman–Crippen LogP) is 2.96. The van der Waals surface area contributed by atoms with Crippen LogP contribution in [0.25, 0.3) is 0 Å². The zero-order chi connectivity index (χ0) is 16.9. The van der Waals surface area contributed by atoms with Crippen molar-refractivity contribution in [1.29, 1.82) is 0 Å². The zero-order valence-electron chi connectivity index (χ0n) is 12.9. The molecule has 0 unspecified atom stereocenters. The molecule has 0 spiro atoms. The summed E-state index contributed by atoms with van der Waals surface area (Å²) in [6, 6.07) is 13.5. The van der Waals surface area contributed by atoms with Crippen molar-refractivity contribution in [2.24, 2.45) is 0 Å². The summed E-state index contributed by atoms with van der Waals surface area (Å²) < 4.78 is 25.9. The van der Waals surface area contributed by atoms with Crippen molar-refractivity contribution in [2.45, 2.75) is 16.7 Å². The van der Waals surface area contributed by atoms with Crippen LogP contribution in [0.4, 0.5) is 5.69 Å². The Morgan fingerprint density at radius 1 is 1.13 bits per heavy atom. The number of amides is 1. The summed E-state index contributed by atoms with van der Waals surface area (Å²) in [5.74, 6) is 0.547. The van der Waals surface area contributed by atoms with Crippen molar-refractivity contribution in [2.75, 3.05) is 18.1 Å². The van der Waals surface area contributed by atoms with Crippen LogP contribution >= 0.6 is 11.8 Å². The molecule has 0 heterocycles. The molecule has 0 fully saturated rings. The van der Waals surface area contributed by atoms with Crippen LogP contribution in [0.2, 0.25) is 0 Å². The molecular weight excluding hydrogens is 332 g/mol. The highest BCUT2D eigenvalue weighted by molar-refractivity contribution is 7.99. The Balaban J connectivity index is 2.27. The minimum atomic E-state index is -3.58. The van der Waals surface area contributed by atoms with E-state index in [1.54, 1.807) is 23.9 Å². The quantitative estimate of drug-likeness (QED) is 0.786. The van der Waals surface area contributed by atoms with E-state index in [9.17, 15) is 13.2 Å². The van der Waals surface area contributed by atoms with E-state index in [0.717, 1.165) is 10.6 Å². The van der Waals surface area contributed by atoms with Crippen LogP contribution in [0, 0.1) is 0 Å². The number of sulfonamides is 1. The third kappa shape index (κ3) is 4.34. The minimum absolute atomic E-state index is 0.0591. The number of thioether (sulfide) groups is 1. The van der Waals surface area contributed by atoms with Gasteiger partial charge in [-0.1, -0.05) is 25.1 Å². The van der Waals surface area contributed by atoms with Crippen LogP contribution in [-0.4, -0.2) is 27.1 Å². The van der Waals surface area contributed by atoms with Gasteiger partial charge < -0.3 is 5.32 Å². The predicted molar refractivity (Wildman–Crippen MR) is 93.5 cm³/mol. The van der Waals surface area contributed by atoms with Gasteiger partial charge in [-0.15, -0.1) is 11.8 Å². The van der Waals surface area contributed by atoms with E-state index in [2.05, 4.69) is 10.0 Å². The highest BCUT2D eigenvalue weighted by atomic mass is 32.2. The van der Waals surface area contributed by atoms with Gasteiger partial charge >= 0.3 is 0 Å². The lowest BCUT2D eigenvalue weighted by Gasteiger charge is -2.11. The zero-order valence-corrected chi connectivity index (χ0v) is 14.5. The fourth-order valence-corrected chi connectivity index (χ4v) is 3.50. The second-order valence-corrected chi connectivity index (χ2v) is 7.81. The van der Waals surface area contributed by atoms with Gasteiger partial charge in [-0.3, -0.25) is 4.79 Å². The summed E-state index contributed by atoms with van der Waals surface area (Å²) in [5, 5.41) is 2.83. The Bertz CT molecular complexity index is 804. The number of benzene rings is 2. The molecule has 1 amide bonds. The van der Waals surface area contributed by atoms with Gasteiger partial charge in [0.15, 0.2) is 0 Å². The van der Waals surface area contributed by atoms with Crippen LogP contribution in [0.1, 0.15) is 17.3 Å². The van der Waals surface area contributed by atoms with Crippen LogP contribution in [-0.2, 0) is 10.0 Å². The lowest BCUT2D eigenvalue weighted by Crippen LogP contribution is -2.19. The largest absolute Gasteiger partial charge is 0.321 e. The van der Waals surface area contributed by atoms with Gasteiger partial charge in [0.05, 0.1) is 10.6 Å². The third-order valence-corrected chi connectivity index (χ3v) is 5.48. The summed E-state index contributed by atoms with van der Waals surface area (Å²) in [5.41, 5.74) is 1.00. The second-order valence-electron chi connectivity index (χ2n) is 4.62. The summed E-state index contributed by atoms with van der Waals surface area (Å²) in [4.78, 5) is 13.4. The van der Waals surface area contributed by atoms with E-state index in [1.807, 2.05) is 31.2 Å². The Morgan fingerprint density at radius 3 is 2.57 bits per heavy atom. The summed E-state index contributed by atoms with van der Waals surface area (Å²) in [6.07, 6.45) is 0. The van der Waals surface area contributed by atoms with Crippen molar-refractivity contribution in [3.63, 3.8) is 0 Å². The first-order chi connectivity index (χ1) is 11.0. The van der Waals surface area contributed by atoms with Crippen LogP contribution < -0.4 is 10.0 Å². The van der Waals surface area contributed by atoms with Gasteiger partial charge in [0.25, 0.3) is 5.91 Å². The number of anilines is 1. The SMILES string of the molecule is CCSc1ccccc1NC(=O)c1cccc(S(=O)(=O)NC)c1. The molecule has 0 aromatic heterocycles. The molecule has 0 aliphatic carbocycles. The first kappa shape index (κ1) is 17.5. The van der Waals surface area contributed by atoms with Crippen molar-refractivity contribution < 1.29 is 13.2 Å². The minimum Gasteiger partial charge on any atom is -0.321 e. The molecule has 0 radical (unpaired) electrons. The number of rotatable bonds is 6. The number of hydrogen-bond donors (Lipinski definition) is 2. The third-order valence-electron chi connectivity index (χ3n) is 3.11. The molecular formula is C16H18N2O3S2. The Labute approximate surface area is 140 Å². The molecule has 23 heavy (non-hydrogen) atoms. The van der Waals surface area contributed by atoms with Gasteiger partial charge in [-0.05, 0) is 43.1 Å². The van der Waals surface area contributed by atoms with Gasteiger partial charge in [0.2, 0.25) is 10.0 Å². The summed E-state index contributed by atoms with van der Waals surface area (Å²) >= 11 is 1.63. The van der Waals surface area contributed by atoms with Crippen LogP contribution in [0.5, 0.6) is 0 Å². The van der Waals surface area contributed by atoms with Crippen molar-refractivity contribution in [1.82, 2.24) is 4.72 Å². The normalized spacial score (nSPS) is 11.2. The number of carbonyl (C=O) groups excluding carboxylic acids is 1. The molecule has 7 heteroatoms. The Morgan fingerprint density at radius 2 is 1.87 bits per heavy atom. The second kappa shape index (κ2) is 7.63. The standard InChI is InChI=1S/C16H18N2O3S2/c1-3-22-15-10-5-4-9-14(15)18-16(19)12-7-6-8-13(11-12)23(20,21)17-2/h4-11,17H,3H2,1-2H3,(H,18,19). The highest BCUT2D eigenvalue weighted by Crippen LogP contribution is 2.27. The number of hydrogen-bond acceptors (Lipinski definition) is 4. The first-order valence-corrected chi connectivity index (χ1v) is 9.51. The molecule has 2 rings (SSSR count). The summed E-state index contributed by atoms with van der Waals surface area (Å²) in [7, 11) is -2.24. The van der Waals surface area contributed by atoms with E-state index in [-0.39, 0.29) is 16.4 Å². The number of carbonyl (C=O) groups is 1. The monoisotopic (exact) mass is 350 g/mol. The first-order valence-electron chi connectivity index (χ1n) is 7.04. The molecule has 122 valence electrons. The number of nitrogens with one attached hydrogen (secondary N) is 2. The van der Waals surface area contributed by atoms with Gasteiger partial charge in [-0.25, -0.2) is 13.1 Å². The van der Waals surface area contributed by atoms with Gasteiger partial charge in [-0.2, -0.15) is 0 Å². The molecule has 0 bridgehead atoms. The lowest BCUT2D eigenvalue weighted by atomic mass is 10.2. The van der Waals surface area contributed by atoms with E-state index >= 15 is 0 Å². The topological polar surface area (TPSA) is 75.3 Å². The van der Waals surface area contributed by atoms with Crippen LogP contribution in [0.3, 0.4) is 0 Å². The fraction of sp³-hybridized carbons (Fsp3) is 0.188. The van der Waals surface area contributed by atoms with E-state index in [0.29, 0.717) is 5.69 Å². The van der Waals surface area contributed by atoms with Gasteiger partial charge in [0.1, 0.15) is 0 Å². The molecule has 2 aromatic carbocycles. The van der Waals surface area contributed by atoms with E-state index in [1.165, 1.54) is 19.2 Å². The maximum atomic E-state index is 12.4. The van der Waals surface area contributed by atoms with E-state index < -0.39 is 10.0 Å². The Hall–Kier alpha value is -1.83. The molecule has 2 N–H and O–H groups in total. The molecule has 0 atom stereocenters. The van der Waals surface area contributed by atoms with Gasteiger partial charge in [0, 0.05) is 10.5 Å². The van der Waals surface area contributed by atoms with Crippen molar-refractivity contribution in [3.8, 4) is 0 Å². The average molecular weight is 350 g/mol. The van der Waals surface area contributed by atoms with Crippen molar-refractivity contribution >= 4 is 33.4 Å². The van der Waals surface area contributed by atoms with Crippen LogP contribution in [0.15, 0.2) is 58.3 Å². The molecule has 0 aliphatic rings.